The number of hydrogen-bond donors (Lipinski definition) is 2. The van der Waals surface area contributed by atoms with Crippen molar-refractivity contribution in [2.75, 3.05) is 45.9 Å². The zero-order valence-electron chi connectivity index (χ0n) is 18.3. The molecule has 0 unspecified atom stereocenters. The van der Waals surface area contributed by atoms with Crippen LogP contribution in [0.2, 0.25) is 0 Å². The lowest BCUT2D eigenvalue weighted by atomic mass is 9.91. The van der Waals surface area contributed by atoms with Crippen molar-refractivity contribution in [2.45, 2.75) is 32.7 Å². The van der Waals surface area contributed by atoms with Crippen LogP contribution in [-0.4, -0.2) is 71.6 Å². The van der Waals surface area contributed by atoms with Gasteiger partial charge in [-0.05, 0) is 18.4 Å². The highest BCUT2D eigenvalue weighted by Crippen LogP contribution is 2.26. The van der Waals surface area contributed by atoms with E-state index in [4.69, 9.17) is 9.73 Å². The third-order valence-corrected chi connectivity index (χ3v) is 6.51. The first-order chi connectivity index (χ1) is 14.0. The van der Waals surface area contributed by atoms with Crippen LogP contribution in [-0.2, 0) is 23.7 Å². The number of hydrogen-bond acceptors (Lipinski definition) is 6. The molecule has 10 heteroatoms. The Bertz CT molecular complexity index is 785. The number of nitrogens with zero attached hydrogens (tertiary/aromatic N) is 5. The molecule has 2 aromatic heterocycles. The van der Waals surface area contributed by atoms with Crippen LogP contribution in [0.1, 0.15) is 30.4 Å². The van der Waals surface area contributed by atoms with Crippen LogP contribution in [0.4, 0.5) is 0 Å². The maximum absolute atomic E-state index is 5.43. The highest BCUT2D eigenvalue weighted by Gasteiger charge is 2.22. The smallest absolute Gasteiger partial charge is 0.191 e. The van der Waals surface area contributed by atoms with Crippen molar-refractivity contribution < 1.29 is 4.74 Å². The van der Waals surface area contributed by atoms with Crippen LogP contribution in [0.5, 0.6) is 0 Å². The van der Waals surface area contributed by atoms with E-state index in [2.05, 4.69) is 57.1 Å². The molecule has 30 heavy (non-hydrogen) atoms. The fourth-order valence-corrected chi connectivity index (χ4v) is 3.98. The molecule has 0 aromatic carbocycles. The molecule has 0 amide bonds. The molecule has 0 saturated carbocycles. The molecule has 8 nitrogen and oxygen atoms in total. The normalized spacial score (nSPS) is 15.7. The number of aryl methyl sites for hydroxylation is 1. The average molecular weight is 548 g/mol. The van der Waals surface area contributed by atoms with Crippen molar-refractivity contribution >= 4 is 41.3 Å². The van der Waals surface area contributed by atoms with Crippen LogP contribution in [0.3, 0.4) is 0 Å². The first-order valence-electron chi connectivity index (χ1n) is 10.2. The van der Waals surface area contributed by atoms with Gasteiger partial charge in [0.25, 0.3) is 0 Å². The second kappa shape index (κ2) is 12.0. The summed E-state index contributed by atoms with van der Waals surface area (Å²) in [5.41, 5.74) is 0.0300. The SMILES string of the molecule is Cc1nnc(CN=C(NCCN2CCOCC2)NCC(C)(C)c2cccs2)n1C.I. The number of aromatic nitrogens is 3. The summed E-state index contributed by atoms with van der Waals surface area (Å²) in [6, 6.07) is 4.30. The third kappa shape index (κ3) is 7.17. The zero-order valence-corrected chi connectivity index (χ0v) is 21.5. The van der Waals surface area contributed by atoms with Gasteiger partial charge in [0.2, 0.25) is 0 Å². The molecule has 168 valence electrons. The zero-order chi connectivity index (χ0) is 20.7. The average Bonchev–Trinajstić information content (AvgIpc) is 3.37. The lowest BCUT2D eigenvalue weighted by Crippen LogP contribution is -2.46. The molecule has 0 radical (unpaired) electrons. The van der Waals surface area contributed by atoms with Crippen molar-refractivity contribution in [3.8, 4) is 0 Å². The largest absolute Gasteiger partial charge is 0.379 e. The van der Waals surface area contributed by atoms with E-state index in [0.29, 0.717) is 6.54 Å². The van der Waals surface area contributed by atoms with Gasteiger partial charge in [0.05, 0.1) is 13.2 Å². The summed E-state index contributed by atoms with van der Waals surface area (Å²) < 4.78 is 7.40. The standard InChI is InChI=1S/C20H33N7OS.HI/c1-16-24-25-18(26(16)4)14-22-19(21-7-8-27-9-11-28-12-10-27)23-15-20(2,3)17-6-5-13-29-17;/h5-6,13H,7-12,14-15H2,1-4H3,(H2,21,22,23);1H. The fraction of sp³-hybridized carbons (Fsp3) is 0.650. The van der Waals surface area contributed by atoms with E-state index < -0.39 is 0 Å². The number of halogens is 1. The maximum atomic E-state index is 5.43. The van der Waals surface area contributed by atoms with Crippen LogP contribution in [0.25, 0.3) is 0 Å². The van der Waals surface area contributed by atoms with Gasteiger partial charge in [-0.25, -0.2) is 4.99 Å². The van der Waals surface area contributed by atoms with Crippen molar-refractivity contribution in [1.82, 2.24) is 30.3 Å². The van der Waals surface area contributed by atoms with E-state index in [9.17, 15) is 0 Å². The molecular weight excluding hydrogens is 513 g/mol. The molecule has 0 spiro atoms. The molecule has 3 rings (SSSR count). The van der Waals surface area contributed by atoms with Crippen molar-refractivity contribution in [3.63, 3.8) is 0 Å². The number of aliphatic imine (C=N–C) groups is 1. The number of morpholine rings is 1. The molecule has 1 aliphatic rings. The molecule has 0 aliphatic carbocycles. The molecule has 1 fully saturated rings. The Labute approximate surface area is 200 Å². The Kier molecular flexibility index (Phi) is 9.98. The van der Waals surface area contributed by atoms with E-state index in [1.165, 1.54) is 4.88 Å². The third-order valence-electron chi connectivity index (χ3n) is 5.27. The minimum atomic E-state index is 0. The first kappa shape index (κ1) is 25.0. The Balaban J connectivity index is 0.00000320. The fourth-order valence-electron chi connectivity index (χ4n) is 3.13. The van der Waals surface area contributed by atoms with Crippen LogP contribution >= 0.6 is 35.3 Å². The van der Waals surface area contributed by atoms with E-state index in [1.807, 2.05) is 18.5 Å². The Hall–Kier alpha value is -1.24. The van der Waals surface area contributed by atoms with Crippen molar-refractivity contribution in [1.29, 1.82) is 0 Å². The minimum absolute atomic E-state index is 0. The number of guanidine groups is 1. The lowest BCUT2D eigenvalue weighted by molar-refractivity contribution is 0.0389. The van der Waals surface area contributed by atoms with E-state index in [-0.39, 0.29) is 29.4 Å². The number of ether oxygens (including phenoxy) is 1. The molecule has 1 aliphatic heterocycles. The Morgan fingerprint density at radius 2 is 2.03 bits per heavy atom. The minimum Gasteiger partial charge on any atom is -0.379 e. The van der Waals surface area contributed by atoms with Crippen LogP contribution in [0.15, 0.2) is 22.5 Å². The molecule has 2 N–H and O–H groups in total. The highest BCUT2D eigenvalue weighted by atomic mass is 127. The number of rotatable bonds is 8. The summed E-state index contributed by atoms with van der Waals surface area (Å²) in [4.78, 5) is 8.54. The first-order valence-corrected chi connectivity index (χ1v) is 11.0. The molecule has 0 atom stereocenters. The molecule has 0 bridgehead atoms. The van der Waals surface area contributed by atoms with Crippen LogP contribution < -0.4 is 10.6 Å². The second-order valence-electron chi connectivity index (χ2n) is 7.98. The summed E-state index contributed by atoms with van der Waals surface area (Å²) in [5, 5.41) is 17.5. The molecule has 3 heterocycles. The Morgan fingerprint density at radius 3 is 2.67 bits per heavy atom. The number of nitrogens with one attached hydrogen (secondary N) is 2. The quantitative estimate of drug-likeness (QED) is 0.300. The van der Waals surface area contributed by atoms with E-state index >= 15 is 0 Å². The van der Waals surface area contributed by atoms with Gasteiger partial charge < -0.3 is 19.9 Å². The van der Waals surface area contributed by atoms with Gasteiger partial charge in [0.15, 0.2) is 11.8 Å². The predicted molar refractivity (Wildman–Crippen MR) is 133 cm³/mol. The summed E-state index contributed by atoms with van der Waals surface area (Å²) in [7, 11) is 1.97. The predicted octanol–water partition coefficient (Wildman–Crippen LogP) is 2.15. The summed E-state index contributed by atoms with van der Waals surface area (Å²) >= 11 is 1.79. The van der Waals surface area contributed by atoms with Crippen LogP contribution in [0, 0.1) is 6.92 Å². The lowest BCUT2D eigenvalue weighted by Gasteiger charge is -2.28. The summed E-state index contributed by atoms with van der Waals surface area (Å²) in [5.74, 6) is 2.56. The summed E-state index contributed by atoms with van der Waals surface area (Å²) in [6.45, 7) is 13.2. The van der Waals surface area contributed by atoms with Crippen molar-refractivity contribution in [2.24, 2.45) is 12.0 Å². The maximum Gasteiger partial charge on any atom is 0.191 e. The van der Waals surface area contributed by atoms with Gasteiger partial charge in [-0.15, -0.1) is 45.5 Å². The number of thiophene rings is 1. The highest BCUT2D eigenvalue weighted by molar-refractivity contribution is 14.0. The second-order valence-corrected chi connectivity index (χ2v) is 8.93. The monoisotopic (exact) mass is 547 g/mol. The molecular formula is C20H34IN7OS. The van der Waals surface area contributed by atoms with Gasteiger partial charge in [-0.3, -0.25) is 4.90 Å². The molecule has 1 saturated heterocycles. The van der Waals surface area contributed by atoms with Gasteiger partial charge in [-0.2, -0.15) is 0 Å². The Morgan fingerprint density at radius 1 is 1.27 bits per heavy atom. The topological polar surface area (TPSA) is 79.6 Å². The van der Waals surface area contributed by atoms with Gasteiger partial charge in [0.1, 0.15) is 12.4 Å². The van der Waals surface area contributed by atoms with E-state index in [0.717, 1.165) is 63.5 Å². The van der Waals surface area contributed by atoms with Crippen molar-refractivity contribution in [3.05, 3.63) is 34.0 Å². The van der Waals surface area contributed by atoms with Gasteiger partial charge in [0, 0.05) is 50.1 Å². The van der Waals surface area contributed by atoms with Gasteiger partial charge in [-0.1, -0.05) is 19.9 Å². The van der Waals surface area contributed by atoms with Gasteiger partial charge >= 0.3 is 0 Å². The molecule has 2 aromatic rings. The summed E-state index contributed by atoms with van der Waals surface area (Å²) in [6.07, 6.45) is 0. The van der Waals surface area contributed by atoms with E-state index in [1.54, 1.807) is 11.3 Å².